The number of nitrogens with zero attached hydrogens (tertiary/aromatic N) is 1. The highest BCUT2D eigenvalue weighted by atomic mass is 16.2. The van der Waals surface area contributed by atoms with E-state index in [0.717, 1.165) is 24.8 Å². The molecule has 0 spiro atoms. The summed E-state index contributed by atoms with van der Waals surface area (Å²) < 4.78 is 0. The first-order valence-corrected chi connectivity index (χ1v) is 7.63. The van der Waals surface area contributed by atoms with Crippen molar-refractivity contribution in [2.24, 2.45) is 0 Å². The molecule has 1 fully saturated rings. The van der Waals surface area contributed by atoms with Crippen LogP contribution in [0.15, 0.2) is 30.3 Å². The average molecular weight is 288 g/mol. The highest BCUT2D eigenvalue weighted by Gasteiger charge is 2.25. The van der Waals surface area contributed by atoms with E-state index in [1.54, 1.807) is 4.90 Å². The maximum absolute atomic E-state index is 12.3. The van der Waals surface area contributed by atoms with E-state index < -0.39 is 5.54 Å². The Labute approximate surface area is 126 Å². The smallest absolute Gasteiger partial charge is 0.240 e. The molecule has 1 aromatic carbocycles. The molecule has 1 aliphatic rings. The zero-order valence-electron chi connectivity index (χ0n) is 12.9. The van der Waals surface area contributed by atoms with Gasteiger partial charge in [-0.15, -0.1) is 0 Å². The molecule has 0 aliphatic carbocycles. The van der Waals surface area contributed by atoms with Gasteiger partial charge in [0.25, 0.3) is 0 Å². The quantitative estimate of drug-likeness (QED) is 0.925. The summed E-state index contributed by atoms with van der Waals surface area (Å²) in [5.41, 5.74) is 0.619. The maximum atomic E-state index is 12.3. The number of benzene rings is 1. The summed E-state index contributed by atoms with van der Waals surface area (Å²) in [6.45, 7) is 4.81. The van der Waals surface area contributed by atoms with Crippen LogP contribution in [0.4, 0.5) is 0 Å². The van der Waals surface area contributed by atoms with Gasteiger partial charge in [-0.3, -0.25) is 9.59 Å². The minimum absolute atomic E-state index is 0.0974. The Morgan fingerprint density at radius 3 is 2.62 bits per heavy atom. The maximum Gasteiger partial charge on any atom is 0.240 e. The van der Waals surface area contributed by atoms with Crippen LogP contribution in [0.1, 0.15) is 45.1 Å². The van der Waals surface area contributed by atoms with Crippen LogP contribution in [-0.4, -0.2) is 29.8 Å². The standard InChI is InChI=1S/C17H24N2O2/c1-17(2,14-9-5-3-6-10-14)18-15(20)13-19-12-8-4-7-11-16(19)21/h3,5-6,9-10H,4,7-8,11-13H2,1-2H3,(H,18,20). The summed E-state index contributed by atoms with van der Waals surface area (Å²) in [6, 6.07) is 9.87. The van der Waals surface area contributed by atoms with Gasteiger partial charge < -0.3 is 10.2 Å². The van der Waals surface area contributed by atoms with E-state index in [1.165, 1.54) is 0 Å². The molecule has 2 amide bonds. The topological polar surface area (TPSA) is 49.4 Å². The molecule has 2 rings (SSSR count). The van der Waals surface area contributed by atoms with Gasteiger partial charge in [0.15, 0.2) is 0 Å². The largest absolute Gasteiger partial charge is 0.346 e. The Morgan fingerprint density at radius 2 is 1.90 bits per heavy atom. The lowest BCUT2D eigenvalue weighted by molar-refractivity contribution is -0.136. The molecule has 0 unspecified atom stereocenters. The minimum atomic E-state index is -0.437. The number of nitrogens with one attached hydrogen (secondary N) is 1. The molecule has 21 heavy (non-hydrogen) atoms. The van der Waals surface area contributed by atoms with Crippen molar-refractivity contribution >= 4 is 11.8 Å². The molecule has 1 aromatic rings. The van der Waals surface area contributed by atoms with Gasteiger partial charge in [0.2, 0.25) is 11.8 Å². The highest BCUT2D eigenvalue weighted by molar-refractivity contribution is 5.85. The molecular formula is C17H24N2O2. The lowest BCUT2D eigenvalue weighted by Crippen LogP contribution is -2.47. The normalized spacial score (nSPS) is 16.5. The van der Waals surface area contributed by atoms with Gasteiger partial charge in [-0.2, -0.15) is 0 Å². The van der Waals surface area contributed by atoms with Crippen molar-refractivity contribution in [1.29, 1.82) is 0 Å². The fraction of sp³-hybridized carbons (Fsp3) is 0.529. The summed E-state index contributed by atoms with van der Waals surface area (Å²) in [6.07, 6.45) is 3.56. The first kappa shape index (κ1) is 15.5. The summed E-state index contributed by atoms with van der Waals surface area (Å²) in [4.78, 5) is 25.9. The Hall–Kier alpha value is -1.84. The van der Waals surface area contributed by atoms with Crippen LogP contribution < -0.4 is 5.32 Å². The van der Waals surface area contributed by atoms with Crippen LogP contribution in [0, 0.1) is 0 Å². The van der Waals surface area contributed by atoms with Crippen molar-refractivity contribution in [2.75, 3.05) is 13.1 Å². The number of likely N-dealkylation sites (tertiary alicyclic amines) is 1. The van der Waals surface area contributed by atoms with E-state index in [9.17, 15) is 9.59 Å². The lowest BCUT2D eigenvalue weighted by atomic mass is 9.94. The van der Waals surface area contributed by atoms with Crippen molar-refractivity contribution in [3.05, 3.63) is 35.9 Å². The van der Waals surface area contributed by atoms with Crippen molar-refractivity contribution in [3.8, 4) is 0 Å². The first-order valence-electron chi connectivity index (χ1n) is 7.63. The number of rotatable bonds is 4. The van der Waals surface area contributed by atoms with Gasteiger partial charge in [0.05, 0.1) is 12.1 Å². The molecule has 1 N–H and O–H groups in total. The van der Waals surface area contributed by atoms with Gasteiger partial charge in [-0.25, -0.2) is 0 Å². The van der Waals surface area contributed by atoms with Crippen LogP contribution in [0.5, 0.6) is 0 Å². The molecule has 1 aliphatic heterocycles. The molecule has 4 heteroatoms. The first-order chi connectivity index (χ1) is 9.99. The van der Waals surface area contributed by atoms with E-state index in [2.05, 4.69) is 5.32 Å². The van der Waals surface area contributed by atoms with Crippen LogP contribution in [0.2, 0.25) is 0 Å². The van der Waals surface area contributed by atoms with Crippen LogP contribution in [-0.2, 0) is 15.1 Å². The van der Waals surface area contributed by atoms with Crippen LogP contribution in [0.3, 0.4) is 0 Å². The number of amides is 2. The summed E-state index contributed by atoms with van der Waals surface area (Å²) in [7, 11) is 0. The molecule has 0 bridgehead atoms. The van der Waals surface area contributed by atoms with Gasteiger partial charge >= 0.3 is 0 Å². The van der Waals surface area contributed by atoms with E-state index in [-0.39, 0.29) is 18.4 Å². The zero-order valence-corrected chi connectivity index (χ0v) is 12.9. The van der Waals surface area contributed by atoms with Gasteiger partial charge in [-0.1, -0.05) is 36.8 Å². The SMILES string of the molecule is CC(C)(NC(=O)CN1CCCCCC1=O)c1ccccc1. The fourth-order valence-electron chi connectivity index (χ4n) is 2.69. The molecular weight excluding hydrogens is 264 g/mol. The molecule has 114 valence electrons. The second-order valence-electron chi connectivity index (χ2n) is 6.17. The molecule has 1 heterocycles. The number of hydrogen-bond acceptors (Lipinski definition) is 2. The van der Waals surface area contributed by atoms with E-state index in [4.69, 9.17) is 0 Å². The highest BCUT2D eigenvalue weighted by Crippen LogP contribution is 2.19. The Kier molecular flexibility index (Phi) is 4.99. The van der Waals surface area contributed by atoms with E-state index >= 15 is 0 Å². The predicted octanol–water partition coefficient (Wildman–Crippen LogP) is 2.44. The monoisotopic (exact) mass is 288 g/mol. The third-order valence-corrected chi connectivity index (χ3v) is 3.95. The Morgan fingerprint density at radius 1 is 1.19 bits per heavy atom. The molecule has 0 saturated carbocycles. The summed E-state index contributed by atoms with van der Waals surface area (Å²) >= 11 is 0. The number of hydrogen-bond donors (Lipinski definition) is 1. The molecule has 4 nitrogen and oxygen atoms in total. The Bertz CT molecular complexity index is 497. The van der Waals surface area contributed by atoms with Gasteiger partial charge in [-0.05, 0) is 32.3 Å². The average Bonchev–Trinajstić information content (AvgIpc) is 2.64. The van der Waals surface area contributed by atoms with E-state index in [1.807, 2.05) is 44.2 Å². The van der Waals surface area contributed by atoms with Gasteiger partial charge in [0.1, 0.15) is 0 Å². The third-order valence-electron chi connectivity index (χ3n) is 3.95. The third kappa shape index (κ3) is 4.31. The zero-order chi connectivity index (χ0) is 15.3. The fourth-order valence-corrected chi connectivity index (χ4v) is 2.69. The molecule has 1 saturated heterocycles. The van der Waals surface area contributed by atoms with Crippen molar-refractivity contribution < 1.29 is 9.59 Å². The molecule has 0 aromatic heterocycles. The van der Waals surface area contributed by atoms with Gasteiger partial charge in [0, 0.05) is 13.0 Å². The number of carbonyl (C=O) groups is 2. The minimum Gasteiger partial charge on any atom is -0.346 e. The van der Waals surface area contributed by atoms with Crippen molar-refractivity contribution in [2.45, 2.75) is 45.1 Å². The van der Waals surface area contributed by atoms with E-state index in [0.29, 0.717) is 13.0 Å². The molecule has 0 atom stereocenters. The summed E-state index contributed by atoms with van der Waals surface area (Å²) in [5.74, 6) is -0.000676. The number of carbonyl (C=O) groups excluding carboxylic acids is 2. The van der Waals surface area contributed by atoms with Crippen LogP contribution in [0.25, 0.3) is 0 Å². The summed E-state index contributed by atoms with van der Waals surface area (Å²) in [5, 5.41) is 3.03. The van der Waals surface area contributed by atoms with Crippen molar-refractivity contribution in [1.82, 2.24) is 10.2 Å². The van der Waals surface area contributed by atoms with Crippen LogP contribution >= 0.6 is 0 Å². The predicted molar refractivity (Wildman–Crippen MR) is 82.7 cm³/mol. The second kappa shape index (κ2) is 6.74. The van der Waals surface area contributed by atoms with Crippen molar-refractivity contribution in [3.63, 3.8) is 0 Å². The lowest BCUT2D eigenvalue weighted by Gasteiger charge is -2.29. The second-order valence-corrected chi connectivity index (χ2v) is 6.17. The molecule has 0 radical (unpaired) electrons. The Balaban J connectivity index is 1.96.